The van der Waals surface area contributed by atoms with Crippen molar-refractivity contribution in [2.24, 2.45) is 0 Å². The molecule has 0 radical (unpaired) electrons. The number of halogens is 7. The summed E-state index contributed by atoms with van der Waals surface area (Å²) in [6, 6.07) is 11.8. The highest BCUT2D eigenvalue weighted by molar-refractivity contribution is 8.00. The van der Waals surface area contributed by atoms with Crippen LogP contribution in [-0.2, 0) is 17.1 Å². The number of carbonyl (C=O) groups is 1. The van der Waals surface area contributed by atoms with E-state index in [0.717, 1.165) is 12.1 Å². The molecule has 2 aromatic carbocycles. The Morgan fingerprint density at radius 2 is 1.64 bits per heavy atom. The van der Waals surface area contributed by atoms with E-state index in [-0.39, 0.29) is 16.5 Å². The highest BCUT2D eigenvalue weighted by atomic mass is 35.5. The molecule has 174 valence electrons. The van der Waals surface area contributed by atoms with Crippen molar-refractivity contribution in [3.05, 3.63) is 70.9 Å². The molecule has 3 rings (SSSR count). The quantitative estimate of drug-likeness (QED) is 0.231. The molecule has 4 nitrogen and oxygen atoms in total. The number of nitrogens with zero attached hydrogens (tertiary/aromatic N) is 2. The van der Waals surface area contributed by atoms with Crippen LogP contribution < -0.4 is 5.32 Å². The topological polar surface area (TPSA) is 54.9 Å². The van der Waals surface area contributed by atoms with Crippen molar-refractivity contribution in [2.45, 2.75) is 29.7 Å². The molecule has 1 amide bonds. The Morgan fingerprint density at radius 3 is 2.24 bits per heavy atom. The molecular weight excluding hydrogens is 492 g/mol. The third-order valence-electron chi connectivity index (χ3n) is 4.26. The van der Waals surface area contributed by atoms with Crippen LogP contribution in [0.4, 0.5) is 32.0 Å². The summed E-state index contributed by atoms with van der Waals surface area (Å²) in [4.78, 5) is 20.1. The lowest BCUT2D eigenvalue weighted by atomic mass is 10.1. The molecule has 0 bridgehead atoms. The lowest BCUT2D eigenvalue weighted by molar-refractivity contribution is -0.141. The Kier molecular flexibility index (Phi) is 7.23. The van der Waals surface area contributed by atoms with Crippen molar-refractivity contribution in [3.8, 4) is 11.3 Å². The van der Waals surface area contributed by atoms with E-state index >= 15 is 0 Å². The van der Waals surface area contributed by atoms with Gasteiger partial charge in [0.2, 0.25) is 5.91 Å². The van der Waals surface area contributed by atoms with Crippen LogP contribution in [0.25, 0.3) is 11.3 Å². The number of carbonyl (C=O) groups excluding carboxylic acids is 1. The van der Waals surface area contributed by atoms with Gasteiger partial charge in [-0.15, -0.1) is 0 Å². The molecule has 3 aromatic rings. The number of nitrogens with one attached hydrogen (secondary N) is 1. The van der Waals surface area contributed by atoms with E-state index in [0.29, 0.717) is 23.4 Å². The average molecular weight is 506 g/mol. The van der Waals surface area contributed by atoms with Gasteiger partial charge >= 0.3 is 12.4 Å². The molecule has 1 atom stereocenters. The molecule has 0 saturated carbocycles. The molecule has 1 unspecified atom stereocenters. The van der Waals surface area contributed by atoms with Crippen LogP contribution >= 0.6 is 23.4 Å². The summed E-state index contributed by atoms with van der Waals surface area (Å²) in [7, 11) is 0. The summed E-state index contributed by atoms with van der Waals surface area (Å²) in [5, 5.41) is 0.430. The second kappa shape index (κ2) is 9.60. The van der Waals surface area contributed by atoms with Crippen LogP contribution in [0.1, 0.15) is 18.2 Å². The number of rotatable bonds is 5. The van der Waals surface area contributed by atoms with Gasteiger partial charge < -0.3 is 5.32 Å². The summed E-state index contributed by atoms with van der Waals surface area (Å²) in [6.07, 6.45) is -9.47. The average Bonchev–Trinajstić information content (AvgIpc) is 2.74. The van der Waals surface area contributed by atoms with Gasteiger partial charge in [0, 0.05) is 11.3 Å². The Labute approximate surface area is 193 Å². The van der Waals surface area contributed by atoms with Crippen molar-refractivity contribution in [2.75, 3.05) is 5.32 Å². The predicted octanol–water partition coefficient (Wildman–Crippen LogP) is 6.95. The van der Waals surface area contributed by atoms with Crippen LogP contribution in [0.5, 0.6) is 0 Å². The normalized spacial score (nSPS) is 13.0. The molecule has 1 aromatic heterocycles. The maximum absolute atomic E-state index is 13.3. The van der Waals surface area contributed by atoms with E-state index in [4.69, 9.17) is 11.6 Å². The molecule has 0 saturated heterocycles. The molecule has 33 heavy (non-hydrogen) atoms. The summed E-state index contributed by atoms with van der Waals surface area (Å²) in [5.41, 5.74) is -2.04. The van der Waals surface area contributed by atoms with E-state index in [9.17, 15) is 31.1 Å². The van der Waals surface area contributed by atoms with E-state index in [2.05, 4.69) is 15.3 Å². The van der Waals surface area contributed by atoms with Crippen molar-refractivity contribution in [1.82, 2.24) is 9.97 Å². The lowest BCUT2D eigenvalue weighted by Gasteiger charge is -2.15. The maximum atomic E-state index is 13.3. The largest absolute Gasteiger partial charge is 0.433 e. The van der Waals surface area contributed by atoms with Gasteiger partial charge in [0.15, 0.2) is 5.16 Å². The first kappa shape index (κ1) is 24.8. The minimum absolute atomic E-state index is 0.0144. The summed E-state index contributed by atoms with van der Waals surface area (Å²) >= 11 is 6.20. The third kappa shape index (κ3) is 6.38. The predicted molar refractivity (Wildman–Crippen MR) is 113 cm³/mol. The van der Waals surface area contributed by atoms with Crippen LogP contribution in [0.2, 0.25) is 5.02 Å². The first-order chi connectivity index (χ1) is 15.3. The summed E-state index contributed by atoms with van der Waals surface area (Å²) in [5.74, 6) is -0.752. The van der Waals surface area contributed by atoms with Crippen LogP contribution in [-0.4, -0.2) is 21.1 Å². The van der Waals surface area contributed by atoms with Crippen molar-refractivity contribution < 1.29 is 31.1 Å². The maximum Gasteiger partial charge on any atom is 0.433 e. The zero-order chi connectivity index (χ0) is 24.4. The van der Waals surface area contributed by atoms with Gasteiger partial charge in [-0.25, -0.2) is 9.97 Å². The highest BCUT2D eigenvalue weighted by Crippen LogP contribution is 2.37. The van der Waals surface area contributed by atoms with Gasteiger partial charge in [-0.1, -0.05) is 53.7 Å². The number of thioether (sulfide) groups is 1. The molecule has 0 aliphatic rings. The van der Waals surface area contributed by atoms with E-state index in [1.165, 1.54) is 13.0 Å². The Balaban J connectivity index is 1.83. The second-order valence-electron chi connectivity index (χ2n) is 6.73. The Hall–Kier alpha value is -2.79. The Bertz CT molecular complexity index is 1150. The second-order valence-corrected chi connectivity index (χ2v) is 8.44. The number of benzene rings is 2. The van der Waals surface area contributed by atoms with Crippen molar-refractivity contribution in [1.29, 1.82) is 0 Å². The van der Waals surface area contributed by atoms with Gasteiger partial charge in [0.05, 0.1) is 21.5 Å². The minimum Gasteiger partial charge on any atom is -0.325 e. The van der Waals surface area contributed by atoms with Gasteiger partial charge in [-0.2, -0.15) is 26.3 Å². The molecular formula is C21H14ClF6N3OS. The van der Waals surface area contributed by atoms with Gasteiger partial charge in [0.1, 0.15) is 5.69 Å². The molecule has 12 heteroatoms. The number of hydrogen-bond acceptors (Lipinski definition) is 4. The van der Waals surface area contributed by atoms with E-state index in [1.807, 2.05) is 0 Å². The molecule has 0 fully saturated rings. The number of hydrogen-bond donors (Lipinski definition) is 1. The highest BCUT2D eigenvalue weighted by Gasteiger charge is 2.35. The summed E-state index contributed by atoms with van der Waals surface area (Å²) < 4.78 is 79.0. The van der Waals surface area contributed by atoms with Crippen molar-refractivity contribution >= 4 is 35.0 Å². The van der Waals surface area contributed by atoms with Gasteiger partial charge in [0.25, 0.3) is 0 Å². The number of anilines is 1. The number of amides is 1. The number of aromatic nitrogens is 2. The van der Waals surface area contributed by atoms with Crippen molar-refractivity contribution in [3.63, 3.8) is 0 Å². The van der Waals surface area contributed by atoms with Gasteiger partial charge in [-0.05, 0) is 31.2 Å². The molecule has 0 spiro atoms. The van der Waals surface area contributed by atoms with E-state index in [1.54, 1.807) is 30.3 Å². The first-order valence-electron chi connectivity index (χ1n) is 9.20. The third-order valence-corrected chi connectivity index (χ3v) is 5.55. The smallest absolute Gasteiger partial charge is 0.325 e. The molecule has 0 aliphatic heterocycles. The molecule has 1 N–H and O–H groups in total. The van der Waals surface area contributed by atoms with Crippen LogP contribution in [0, 0.1) is 0 Å². The zero-order valence-electron chi connectivity index (χ0n) is 16.6. The molecule has 1 heterocycles. The first-order valence-corrected chi connectivity index (χ1v) is 10.5. The molecule has 0 aliphatic carbocycles. The lowest BCUT2D eigenvalue weighted by Crippen LogP contribution is -2.23. The Morgan fingerprint density at radius 1 is 0.970 bits per heavy atom. The number of alkyl halides is 6. The van der Waals surface area contributed by atoms with Crippen LogP contribution in [0.3, 0.4) is 0 Å². The SMILES string of the molecule is CC(Sc1nc(-c2ccccc2)cc(C(F)(F)F)n1)C(=O)Nc1ccc(Cl)c(C(F)(F)F)c1. The summed E-state index contributed by atoms with van der Waals surface area (Å²) in [6.45, 7) is 1.37. The zero-order valence-corrected chi connectivity index (χ0v) is 18.2. The van der Waals surface area contributed by atoms with E-state index < -0.39 is 39.8 Å². The standard InChI is InChI=1S/C21H14ClF6N3OS/c1-11(18(32)29-13-7-8-15(22)14(9-13)20(23,24)25)33-19-30-16(12-5-3-2-4-6-12)10-17(31-19)21(26,27)28/h2-11H,1H3,(H,29,32). The van der Waals surface area contributed by atoms with Gasteiger partial charge in [-0.3, -0.25) is 4.79 Å². The van der Waals surface area contributed by atoms with Crippen LogP contribution in [0.15, 0.2) is 59.8 Å². The minimum atomic E-state index is -4.75. The fraction of sp³-hybridized carbons (Fsp3) is 0.190. The fourth-order valence-electron chi connectivity index (χ4n) is 2.66. The monoisotopic (exact) mass is 505 g/mol. The fourth-order valence-corrected chi connectivity index (χ4v) is 3.66.